The molecule has 0 aliphatic carbocycles. The van der Waals surface area contributed by atoms with Gasteiger partial charge in [-0.2, -0.15) is 17.6 Å². The molecule has 1 aliphatic rings. The van der Waals surface area contributed by atoms with Crippen LogP contribution in [-0.4, -0.2) is 61.7 Å². The molecule has 2 aromatic carbocycles. The summed E-state index contributed by atoms with van der Waals surface area (Å²) in [5, 5.41) is 7.22. The van der Waals surface area contributed by atoms with E-state index in [9.17, 15) is 26.0 Å². The van der Waals surface area contributed by atoms with Crippen LogP contribution in [0.4, 0.5) is 33.5 Å². The second-order valence-corrected chi connectivity index (χ2v) is 12.0. The number of pyridine rings is 1. The maximum absolute atomic E-state index is 15.0. The van der Waals surface area contributed by atoms with Crippen molar-refractivity contribution in [3.05, 3.63) is 83.0 Å². The van der Waals surface area contributed by atoms with E-state index in [0.717, 1.165) is 37.7 Å². The number of aliphatic carboxylic acids is 1. The minimum absolute atomic E-state index is 0.0620. The maximum Gasteiger partial charge on any atom is 0.490 e. The smallest absolute Gasteiger partial charge is 0.475 e. The number of nitrogens with zero attached hydrogens (tertiary/aromatic N) is 3. The van der Waals surface area contributed by atoms with Gasteiger partial charge in [0.15, 0.2) is 0 Å². The van der Waals surface area contributed by atoms with Gasteiger partial charge in [-0.25, -0.2) is 22.6 Å². The van der Waals surface area contributed by atoms with E-state index in [1.165, 1.54) is 17.7 Å². The molecule has 1 fully saturated rings. The van der Waals surface area contributed by atoms with Crippen molar-refractivity contribution in [3.63, 3.8) is 0 Å². The minimum atomic E-state index is -5.08. The molecule has 3 aromatic rings. The molecule has 8 nitrogen and oxygen atoms in total. The molecule has 0 radical (unpaired) electrons. The molecule has 42 heavy (non-hydrogen) atoms. The summed E-state index contributed by atoms with van der Waals surface area (Å²) >= 11 is 6.44. The number of halogens is 6. The molecule has 1 atom stereocenters. The van der Waals surface area contributed by atoms with Gasteiger partial charge in [0.1, 0.15) is 16.5 Å². The van der Waals surface area contributed by atoms with E-state index >= 15 is 4.39 Å². The lowest BCUT2D eigenvalue weighted by molar-refractivity contribution is -0.192. The monoisotopic (exact) mass is 634 g/mol. The number of anilines is 2. The Kier molecular flexibility index (Phi) is 10.1. The van der Waals surface area contributed by atoms with Gasteiger partial charge in [-0.15, -0.1) is 0 Å². The van der Waals surface area contributed by atoms with Crippen LogP contribution in [-0.2, 0) is 20.4 Å². The summed E-state index contributed by atoms with van der Waals surface area (Å²) in [6, 6.07) is 16.2. The van der Waals surface area contributed by atoms with Crippen molar-refractivity contribution in [2.45, 2.75) is 42.9 Å². The van der Waals surface area contributed by atoms with Crippen molar-refractivity contribution in [3.8, 4) is 0 Å². The first kappa shape index (κ1) is 33.0. The van der Waals surface area contributed by atoms with Crippen LogP contribution in [0.15, 0.2) is 65.6 Å². The first-order valence-electron chi connectivity index (χ1n) is 12.4. The Morgan fingerprint density at radius 1 is 1.10 bits per heavy atom. The molecule has 1 aromatic heterocycles. The number of hydrogen-bond acceptors (Lipinski definition) is 6. The molecule has 2 heterocycles. The number of likely N-dealkylation sites (tertiary alicyclic amines) is 1. The average molecular weight is 635 g/mol. The summed E-state index contributed by atoms with van der Waals surface area (Å²) < 4.78 is 87.6. The molecule has 0 bridgehead atoms. The summed E-state index contributed by atoms with van der Waals surface area (Å²) in [4.78, 5) is 16.0. The van der Waals surface area contributed by atoms with Crippen LogP contribution in [0.1, 0.15) is 25.8 Å². The number of benzene rings is 2. The van der Waals surface area contributed by atoms with Crippen molar-refractivity contribution in [1.82, 2.24) is 9.88 Å². The zero-order valence-corrected chi connectivity index (χ0v) is 24.2. The average Bonchev–Trinajstić information content (AvgIpc) is 3.41. The van der Waals surface area contributed by atoms with Gasteiger partial charge in [-0.05, 0) is 44.0 Å². The summed E-state index contributed by atoms with van der Waals surface area (Å²) in [6.07, 6.45) is -4.24. The lowest BCUT2D eigenvalue weighted by Crippen LogP contribution is -2.42. The van der Waals surface area contributed by atoms with Gasteiger partial charge in [0.05, 0.1) is 10.7 Å². The summed E-state index contributed by atoms with van der Waals surface area (Å²) in [6.45, 7) is 5.95. The molecular formula is C27H28ClF5N4O4S. The number of alkyl halides is 3. The van der Waals surface area contributed by atoms with E-state index in [1.807, 2.05) is 30.1 Å². The van der Waals surface area contributed by atoms with Crippen molar-refractivity contribution in [1.29, 1.82) is 0 Å². The Bertz CT molecular complexity index is 1520. The lowest BCUT2D eigenvalue weighted by atomic mass is 9.92. The highest BCUT2D eigenvalue weighted by Crippen LogP contribution is 2.36. The van der Waals surface area contributed by atoms with Crippen molar-refractivity contribution >= 4 is 39.1 Å². The highest BCUT2D eigenvalue weighted by atomic mass is 35.5. The van der Waals surface area contributed by atoms with E-state index in [1.54, 1.807) is 0 Å². The second kappa shape index (κ2) is 12.8. The van der Waals surface area contributed by atoms with Gasteiger partial charge < -0.3 is 10.0 Å². The minimum Gasteiger partial charge on any atom is -0.475 e. The Labute approximate surface area is 244 Å². The predicted octanol–water partition coefficient (Wildman–Crippen LogP) is 5.89. The molecule has 1 unspecified atom stereocenters. The highest BCUT2D eigenvalue weighted by molar-refractivity contribution is 7.92. The van der Waals surface area contributed by atoms with Gasteiger partial charge in [0.2, 0.25) is 5.95 Å². The third-order valence-electron chi connectivity index (χ3n) is 6.85. The number of rotatable bonds is 7. The first-order valence-corrected chi connectivity index (χ1v) is 14.3. The molecular weight excluding hydrogens is 607 g/mol. The van der Waals surface area contributed by atoms with Crippen LogP contribution in [0.25, 0.3) is 0 Å². The molecule has 228 valence electrons. The number of sulfonamides is 1. The summed E-state index contributed by atoms with van der Waals surface area (Å²) in [7, 11) is -2.54. The van der Waals surface area contributed by atoms with Gasteiger partial charge in [-0.1, -0.05) is 48.0 Å². The number of hydrogen-bond donors (Lipinski definition) is 2. The van der Waals surface area contributed by atoms with Gasteiger partial charge in [0.25, 0.3) is 10.0 Å². The van der Waals surface area contributed by atoms with E-state index in [0.29, 0.717) is 5.69 Å². The number of carboxylic acid groups (broad SMARTS) is 1. The predicted molar refractivity (Wildman–Crippen MR) is 148 cm³/mol. The number of aromatic nitrogens is 1. The number of carbonyl (C=O) groups is 1. The van der Waals surface area contributed by atoms with Crippen LogP contribution in [0.2, 0.25) is 5.02 Å². The van der Waals surface area contributed by atoms with Crippen LogP contribution in [0, 0.1) is 11.8 Å². The third-order valence-corrected chi connectivity index (χ3v) is 8.52. The third kappa shape index (κ3) is 7.86. The second-order valence-electron chi connectivity index (χ2n) is 9.91. The Hall–Kier alpha value is -3.49. The number of nitrogens with one attached hydrogen (secondary N) is 1. The molecule has 2 N–H and O–H groups in total. The largest absolute Gasteiger partial charge is 0.490 e. The zero-order chi connectivity index (χ0) is 31.5. The maximum atomic E-state index is 15.0. The SMILES string of the molecule is CN(c1cc(F)c(S(=O)(=O)Nc2cccc(F)n2)cc1Cl)C1CCN(C(C)(C)c2ccccc2)C1.O=C(O)C(F)(F)F. The fourth-order valence-corrected chi connectivity index (χ4v) is 5.89. The quantitative estimate of drug-likeness (QED) is 0.247. The molecule has 0 amide bonds. The summed E-state index contributed by atoms with van der Waals surface area (Å²) in [5.41, 5.74) is 1.43. The van der Waals surface area contributed by atoms with Crippen molar-refractivity contribution < 1.29 is 40.3 Å². The zero-order valence-electron chi connectivity index (χ0n) is 22.7. The fraction of sp³-hybridized carbons (Fsp3) is 0.333. The fourth-order valence-electron chi connectivity index (χ4n) is 4.44. The normalized spacial score (nSPS) is 16.0. The molecule has 0 saturated carbocycles. The molecule has 4 rings (SSSR count). The molecule has 1 aliphatic heterocycles. The number of carboxylic acids is 1. The van der Waals surface area contributed by atoms with Crippen LogP contribution in [0.3, 0.4) is 0 Å². The Balaban J connectivity index is 0.000000616. The lowest BCUT2D eigenvalue weighted by Gasteiger charge is -2.37. The van der Waals surface area contributed by atoms with E-state index in [2.05, 4.69) is 40.6 Å². The topological polar surface area (TPSA) is 103 Å². The van der Waals surface area contributed by atoms with Crippen LogP contribution >= 0.6 is 11.6 Å². The molecule has 1 saturated heterocycles. The van der Waals surface area contributed by atoms with Gasteiger partial charge in [-0.3, -0.25) is 9.62 Å². The number of likely N-dealkylation sites (N-methyl/N-ethyl adjacent to an activating group) is 1. The van der Waals surface area contributed by atoms with Gasteiger partial charge in [0, 0.05) is 37.8 Å². The molecule has 15 heteroatoms. The molecule has 0 spiro atoms. The van der Waals surface area contributed by atoms with E-state index in [4.69, 9.17) is 21.5 Å². The summed E-state index contributed by atoms with van der Waals surface area (Å²) in [5.74, 6) is -4.83. The van der Waals surface area contributed by atoms with Crippen molar-refractivity contribution in [2.75, 3.05) is 29.8 Å². The Morgan fingerprint density at radius 2 is 1.71 bits per heavy atom. The Morgan fingerprint density at radius 3 is 2.29 bits per heavy atom. The van der Waals surface area contributed by atoms with Gasteiger partial charge >= 0.3 is 12.1 Å². The van der Waals surface area contributed by atoms with E-state index < -0.39 is 38.8 Å². The highest BCUT2D eigenvalue weighted by Gasteiger charge is 2.38. The van der Waals surface area contributed by atoms with Crippen LogP contribution < -0.4 is 9.62 Å². The van der Waals surface area contributed by atoms with E-state index in [-0.39, 0.29) is 22.4 Å². The van der Waals surface area contributed by atoms with Crippen LogP contribution in [0.5, 0.6) is 0 Å². The first-order chi connectivity index (χ1) is 19.4. The standard InChI is InChI=1S/C25H27ClF2N4O2S.C2HF3O2/c1-25(2,17-8-5-4-6-9-17)32-13-12-18(16-32)31(3)21-15-20(27)22(14-19(21)26)35(33,34)30-24-11-7-10-23(28)29-24;3-2(4,5)1(6)7/h4-11,14-15,18H,12-13,16H2,1-3H3,(H,29,30);(H,6,7). The van der Waals surface area contributed by atoms with Crippen molar-refractivity contribution in [2.24, 2.45) is 0 Å².